The minimum absolute atomic E-state index is 0.0221. The molecule has 1 aliphatic rings. The summed E-state index contributed by atoms with van der Waals surface area (Å²) < 4.78 is 14.0. The number of alkyl halides is 1. The SMILES string of the molecule is O=C(O)CC1(F)C=CC(c2ccccc2)C=C1. The van der Waals surface area contributed by atoms with Crippen molar-refractivity contribution in [3.8, 4) is 0 Å². The van der Waals surface area contributed by atoms with E-state index in [0.717, 1.165) is 5.56 Å². The van der Waals surface area contributed by atoms with Gasteiger partial charge in [-0.3, -0.25) is 4.79 Å². The Hall–Kier alpha value is -1.90. The summed E-state index contributed by atoms with van der Waals surface area (Å²) in [6, 6.07) is 9.68. The highest BCUT2D eigenvalue weighted by Gasteiger charge is 2.29. The Labute approximate surface area is 99.1 Å². The summed E-state index contributed by atoms with van der Waals surface area (Å²) in [4.78, 5) is 10.5. The number of hydrogen-bond acceptors (Lipinski definition) is 1. The molecule has 1 aromatic rings. The molecule has 0 saturated carbocycles. The lowest BCUT2D eigenvalue weighted by Crippen LogP contribution is -2.23. The van der Waals surface area contributed by atoms with Crippen molar-refractivity contribution in [2.24, 2.45) is 0 Å². The first-order valence-electron chi connectivity index (χ1n) is 5.43. The largest absolute Gasteiger partial charge is 0.481 e. The summed E-state index contributed by atoms with van der Waals surface area (Å²) >= 11 is 0. The minimum Gasteiger partial charge on any atom is -0.481 e. The van der Waals surface area contributed by atoms with Crippen molar-refractivity contribution < 1.29 is 14.3 Å². The first-order chi connectivity index (χ1) is 8.09. The van der Waals surface area contributed by atoms with Crippen LogP contribution in [0.3, 0.4) is 0 Å². The van der Waals surface area contributed by atoms with Crippen LogP contribution in [-0.4, -0.2) is 16.7 Å². The van der Waals surface area contributed by atoms with Crippen molar-refractivity contribution in [3.05, 3.63) is 60.2 Å². The Bertz CT molecular complexity index is 448. The molecule has 0 heterocycles. The van der Waals surface area contributed by atoms with E-state index in [-0.39, 0.29) is 5.92 Å². The summed E-state index contributed by atoms with van der Waals surface area (Å²) in [6.07, 6.45) is 5.55. The zero-order chi connectivity index (χ0) is 12.3. The number of carboxylic acids is 1. The van der Waals surface area contributed by atoms with Crippen molar-refractivity contribution in [1.29, 1.82) is 0 Å². The molecule has 0 bridgehead atoms. The molecule has 3 heteroatoms. The number of benzene rings is 1. The van der Waals surface area contributed by atoms with Gasteiger partial charge in [-0.15, -0.1) is 0 Å². The highest BCUT2D eigenvalue weighted by molar-refractivity contribution is 5.69. The van der Waals surface area contributed by atoms with Crippen molar-refractivity contribution >= 4 is 5.97 Å². The summed E-state index contributed by atoms with van der Waals surface area (Å²) in [5.74, 6) is -1.12. The van der Waals surface area contributed by atoms with Crippen LogP contribution in [0.4, 0.5) is 4.39 Å². The van der Waals surface area contributed by atoms with E-state index in [0.29, 0.717) is 0 Å². The van der Waals surface area contributed by atoms with E-state index in [1.165, 1.54) is 12.2 Å². The molecule has 0 fully saturated rings. The van der Waals surface area contributed by atoms with Crippen molar-refractivity contribution in [2.45, 2.75) is 18.0 Å². The van der Waals surface area contributed by atoms with E-state index in [1.54, 1.807) is 12.2 Å². The lowest BCUT2D eigenvalue weighted by Gasteiger charge is -2.21. The molecule has 2 rings (SSSR count). The predicted octanol–water partition coefficient (Wildman–Crippen LogP) is 3.08. The summed E-state index contributed by atoms with van der Waals surface area (Å²) in [5, 5.41) is 8.61. The smallest absolute Gasteiger partial charge is 0.307 e. The van der Waals surface area contributed by atoms with Gasteiger partial charge in [0.1, 0.15) is 0 Å². The van der Waals surface area contributed by atoms with Gasteiger partial charge in [-0.25, -0.2) is 4.39 Å². The molecule has 0 amide bonds. The lowest BCUT2D eigenvalue weighted by molar-refractivity contribution is -0.138. The molecule has 1 N–H and O–H groups in total. The van der Waals surface area contributed by atoms with Gasteiger partial charge in [-0.05, 0) is 17.7 Å². The second-order valence-electron chi connectivity index (χ2n) is 4.15. The molecule has 0 saturated heterocycles. The van der Waals surface area contributed by atoms with Crippen molar-refractivity contribution in [1.82, 2.24) is 0 Å². The van der Waals surface area contributed by atoms with E-state index >= 15 is 0 Å². The molecule has 0 spiro atoms. The fourth-order valence-corrected chi connectivity index (χ4v) is 1.89. The Morgan fingerprint density at radius 3 is 2.35 bits per heavy atom. The number of hydrogen-bond donors (Lipinski definition) is 1. The maximum Gasteiger partial charge on any atom is 0.307 e. The van der Waals surface area contributed by atoms with Crippen LogP contribution in [0, 0.1) is 0 Å². The number of allylic oxidation sites excluding steroid dienone is 4. The molecule has 0 radical (unpaired) electrons. The van der Waals surface area contributed by atoms with Gasteiger partial charge in [0.05, 0.1) is 6.42 Å². The number of aliphatic carboxylic acids is 1. The van der Waals surface area contributed by atoms with E-state index in [9.17, 15) is 9.18 Å². The molecule has 1 aliphatic carbocycles. The zero-order valence-corrected chi connectivity index (χ0v) is 9.21. The van der Waals surface area contributed by atoms with Gasteiger partial charge >= 0.3 is 5.97 Å². The number of halogens is 1. The molecule has 2 nitrogen and oxygen atoms in total. The van der Waals surface area contributed by atoms with Crippen LogP contribution in [0.5, 0.6) is 0 Å². The van der Waals surface area contributed by atoms with Gasteiger partial charge in [0.2, 0.25) is 0 Å². The number of carboxylic acid groups (broad SMARTS) is 1. The third-order valence-corrected chi connectivity index (χ3v) is 2.77. The minimum atomic E-state index is -1.85. The lowest BCUT2D eigenvalue weighted by atomic mass is 9.88. The number of carbonyl (C=O) groups is 1. The maximum atomic E-state index is 14.0. The summed E-state index contributed by atoms with van der Waals surface area (Å²) in [5.41, 5.74) is -0.783. The zero-order valence-electron chi connectivity index (χ0n) is 9.21. The van der Waals surface area contributed by atoms with Gasteiger partial charge in [0.15, 0.2) is 5.67 Å². The highest BCUT2D eigenvalue weighted by Crippen LogP contribution is 2.30. The van der Waals surface area contributed by atoms with Crippen LogP contribution in [0.25, 0.3) is 0 Å². The topological polar surface area (TPSA) is 37.3 Å². The molecule has 0 atom stereocenters. The van der Waals surface area contributed by atoms with Crippen LogP contribution in [0.2, 0.25) is 0 Å². The van der Waals surface area contributed by atoms with Crippen LogP contribution in [-0.2, 0) is 4.79 Å². The molecule has 17 heavy (non-hydrogen) atoms. The molecule has 1 aromatic carbocycles. The van der Waals surface area contributed by atoms with Gasteiger partial charge in [-0.2, -0.15) is 0 Å². The molecule has 0 aliphatic heterocycles. The number of rotatable bonds is 3. The van der Waals surface area contributed by atoms with Crippen molar-refractivity contribution in [2.75, 3.05) is 0 Å². The van der Waals surface area contributed by atoms with Gasteiger partial charge in [-0.1, -0.05) is 42.5 Å². The van der Waals surface area contributed by atoms with E-state index in [1.807, 2.05) is 30.3 Å². The molecule has 0 aromatic heterocycles. The monoisotopic (exact) mass is 232 g/mol. The van der Waals surface area contributed by atoms with Gasteiger partial charge < -0.3 is 5.11 Å². The second-order valence-corrected chi connectivity index (χ2v) is 4.15. The predicted molar refractivity (Wildman–Crippen MR) is 63.6 cm³/mol. The standard InChI is InChI=1S/C14H13FO2/c15-14(10-13(16)17)8-6-12(7-9-14)11-4-2-1-3-5-11/h1-9,12H,10H2,(H,16,17). The first kappa shape index (κ1) is 11.6. The normalized spacial score (nSPS) is 27.0. The third kappa shape index (κ3) is 2.81. The average Bonchev–Trinajstić information content (AvgIpc) is 2.29. The molecule has 88 valence electrons. The van der Waals surface area contributed by atoms with Crippen LogP contribution < -0.4 is 0 Å². The Morgan fingerprint density at radius 1 is 1.24 bits per heavy atom. The Kier molecular flexibility index (Phi) is 3.09. The molecular weight excluding hydrogens is 219 g/mol. The quantitative estimate of drug-likeness (QED) is 0.813. The molecule has 0 unspecified atom stereocenters. The van der Waals surface area contributed by atoms with E-state index in [2.05, 4.69) is 0 Å². The Morgan fingerprint density at radius 2 is 1.82 bits per heavy atom. The van der Waals surface area contributed by atoms with Crippen LogP contribution >= 0.6 is 0 Å². The third-order valence-electron chi connectivity index (χ3n) is 2.77. The fourth-order valence-electron chi connectivity index (χ4n) is 1.89. The van der Waals surface area contributed by atoms with Gasteiger partial charge in [0.25, 0.3) is 0 Å². The first-order valence-corrected chi connectivity index (χ1v) is 5.43. The average molecular weight is 232 g/mol. The second kappa shape index (κ2) is 4.53. The summed E-state index contributed by atoms with van der Waals surface area (Å²) in [7, 11) is 0. The van der Waals surface area contributed by atoms with Crippen molar-refractivity contribution in [3.63, 3.8) is 0 Å². The maximum absolute atomic E-state index is 14.0. The molecular formula is C14H13FO2. The van der Waals surface area contributed by atoms with E-state index < -0.39 is 18.1 Å². The summed E-state index contributed by atoms with van der Waals surface area (Å²) in [6.45, 7) is 0. The van der Waals surface area contributed by atoms with Gasteiger partial charge in [0, 0.05) is 5.92 Å². The Balaban J connectivity index is 2.13. The van der Waals surface area contributed by atoms with Crippen LogP contribution in [0.1, 0.15) is 17.9 Å². The highest BCUT2D eigenvalue weighted by atomic mass is 19.1. The fraction of sp³-hybridized carbons (Fsp3) is 0.214. The van der Waals surface area contributed by atoms with Crippen LogP contribution in [0.15, 0.2) is 54.6 Å². The van der Waals surface area contributed by atoms with E-state index in [4.69, 9.17) is 5.11 Å².